The molecule has 0 aliphatic carbocycles. The Balaban J connectivity index is 1.46. The molecular formula is C19H23N5O. The zero-order valence-electron chi connectivity index (χ0n) is 14.7. The van der Waals surface area contributed by atoms with Crippen LogP contribution in [-0.4, -0.2) is 51.0 Å². The molecule has 1 saturated heterocycles. The molecule has 0 radical (unpaired) electrons. The smallest absolute Gasteiger partial charge is 0.226 e. The average molecular weight is 337 g/mol. The molecule has 1 aliphatic heterocycles. The number of hydrogen-bond donors (Lipinski definition) is 0. The van der Waals surface area contributed by atoms with E-state index in [9.17, 15) is 0 Å². The molecule has 3 aromatic rings. The van der Waals surface area contributed by atoms with E-state index in [0.717, 1.165) is 43.3 Å². The molecule has 0 spiro atoms. The van der Waals surface area contributed by atoms with E-state index < -0.39 is 0 Å². The van der Waals surface area contributed by atoms with E-state index in [2.05, 4.69) is 38.4 Å². The van der Waals surface area contributed by atoms with Crippen LogP contribution in [0.15, 0.2) is 53.3 Å². The van der Waals surface area contributed by atoms with Gasteiger partial charge in [-0.05, 0) is 19.2 Å². The number of aryl methyl sites for hydroxylation is 1. The van der Waals surface area contributed by atoms with Crippen LogP contribution in [0, 0.1) is 0 Å². The lowest BCUT2D eigenvalue weighted by Crippen LogP contribution is -2.46. The summed E-state index contributed by atoms with van der Waals surface area (Å²) in [5, 5.41) is 0. The van der Waals surface area contributed by atoms with Crippen LogP contribution < -0.4 is 0 Å². The first-order valence-electron chi connectivity index (χ1n) is 8.60. The van der Waals surface area contributed by atoms with Crippen LogP contribution in [-0.2, 0) is 13.6 Å². The highest BCUT2D eigenvalue weighted by molar-refractivity contribution is 5.52. The number of oxazole rings is 1. The lowest BCUT2D eigenvalue weighted by Gasteiger charge is -2.38. The van der Waals surface area contributed by atoms with Gasteiger partial charge in [0, 0.05) is 44.6 Å². The summed E-state index contributed by atoms with van der Waals surface area (Å²) in [4.78, 5) is 13.7. The van der Waals surface area contributed by atoms with Crippen molar-refractivity contribution in [2.45, 2.75) is 12.6 Å². The van der Waals surface area contributed by atoms with Crippen LogP contribution >= 0.6 is 0 Å². The number of benzene rings is 1. The van der Waals surface area contributed by atoms with E-state index in [4.69, 9.17) is 4.42 Å². The van der Waals surface area contributed by atoms with E-state index in [1.54, 1.807) is 0 Å². The quantitative estimate of drug-likeness (QED) is 0.732. The van der Waals surface area contributed by atoms with Crippen molar-refractivity contribution in [3.05, 3.63) is 60.5 Å². The average Bonchev–Trinajstić information content (AvgIpc) is 3.27. The number of rotatable bonds is 4. The van der Waals surface area contributed by atoms with Gasteiger partial charge in [-0.15, -0.1) is 0 Å². The summed E-state index contributed by atoms with van der Waals surface area (Å²) >= 11 is 0. The highest BCUT2D eigenvalue weighted by Gasteiger charge is 2.28. The van der Waals surface area contributed by atoms with Gasteiger partial charge in [-0.2, -0.15) is 0 Å². The number of nitrogens with zero attached hydrogens (tertiary/aromatic N) is 5. The molecule has 0 N–H and O–H groups in total. The van der Waals surface area contributed by atoms with Gasteiger partial charge >= 0.3 is 0 Å². The highest BCUT2D eigenvalue weighted by atomic mass is 16.4. The maximum atomic E-state index is 5.96. The SMILES string of the molecule is CN1CCN(Cc2cnc(-c3ccccc3)o2)CC1c1nccn1C. The summed E-state index contributed by atoms with van der Waals surface area (Å²) in [5.41, 5.74) is 1.01. The first-order valence-corrected chi connectivity index (χ1v) is 8.60. The Morgan fingerprint density at radius 3 is 2.72 bits per heavy atom. The third-order valence-electron chi connectivity index (χ3n) is 4.84. The number of hydrogen-bond acceptors (Lipinski definition) is 5. The van der Waals surface area contributed by atoms with Gasteiger partial charge in [-0.1, -0.05) is 18.2 Å². The summed E-state index contributed by atoms with van der Waals surface area (Å²) < 4.78 is 8.07. The molecule has 0 amide bonds. The molecule has 1 atom stereocenters. The van der Waals surface area contributed by atoms with Crippen LogP contribution in [0.3, 0.4) is 0 Å². The molecular weight excluding hydrogens is 314 g/mol. The first-order chi connectivity index (χ1) is 12.2. The molecule has 6 nitrogen and oxygen atoms in total. The van der Waals surface area contributed by atoms with Gasteiger partial charge in [0.25, 0.3) is 0 Å². The molecule has 6 heteroatoms. The topological polar surface area (TPSA) is 50.3 Å². The molecule has 2 aromatic heterocycles. The maximum absolute atomic E-state index is 5.96. The fourth-order valence-electron chi connectivity index (χ4n) is 3.37. The van der Waals surface area contributed by atoms with Crippen LogP contribution in [0.4, 0.5) is 0 Å². The minimum absolute atomic E-state index is 0.297. The Kier molecular flexibility index (Phi) is 4.38. The van der Waals surface area contributed by atoms with Crippen molar-refractivity contribution in [1.29, 1.82) is 0 Å². The standard InChI is InChI=1S/C19H23N5O/c1-22-10-11-24(14-17(22)18-20-8-9-23(18)2)13-16-12-21-19(25-16)15-6-4-3-5-7-15/h3-9,12,17H,10-11,13-14H2,1-2H3. The molecule has 0 bridgehead atoms. The van der Waals surface area contributed by atoms with Crippen molar-refractivity contribution in [3.8, 4) is 11.5 Å². The van der Waals surface area contributed by atoms with E-state index in [1.165, 1.54) is 0 Å². The Morgan fingerprint density at radius 1 is 1.12 bits per heavy atom. The van der Waals surface area contributed by atoms with Crippen LogP contribution in [0.1, 0.15) is 17.6 Å². The van der Waals surface area contributed by atoms with E-state index >= 15 is 0 Å². The van der Waals surface area contributed by atoms with Crippen molar-refractivity contribution in [1.82, 2.24) is 24.3 Å². The molecule has 4 rings (SSSR count). The minimum atomic E-state index is 0.297. The fraction of sp³-hybridized carbons (Fsp3) is 0.368. The summed E-state index contributed by atoms with van der Waals surface area (Å²) in [6.45, 7) is 3.73. The zero-order chi connectivity index (χ0) is 17.2. The lowest BCUT2D eigenvalue weighted by molar-refractivity contribution is 0.0798. The molecule has 130 valence electrons. The Bertz CT molecular complexity index is 825. The fourth-order valence-corrected chi connectivity index (χ4v) is 3.37. The third kappa shape index (κ3) is 3.36. The highest BCUT2D eigenvalue weighted by Crippen LogP contribution is 2.25. The number of piperazine rings is 1. The minimum Gasteiger partial charge on any atom is -0.440 e. The van der Waals surface area contributed by atoms with Gasteiger partial charge in [-0.25, -0.2) is 9.97 Å². The van der Waals surface area contributed by atoms with E-state index in [-0.39, 0.29) is 0 Å². The molecule has 1 aliphatic rings. The molecule has 1 fully saturated rings. The second-order valence-electron chi connectivity index (χ2n) is 6.63. The monoisotopic (exact) mass is 337 g/mol. The van der Waals surface area contributed by atoms with Gasteiger partial charge < -0.3 is 8.98 Å². The van der Waals surface area contributed by atoms with Gasteiger partial charge in [-0.3, -0.25) is 9.80 Å². The first kappa shape index (κ1) is 16.1. The normalized spacial score (nSPS) is 19.4. The predicted octanol–water partition coefficient (Wildman–Crippen LogP) is 2.56. The van der Waals surface area contributed by atoms with Crippen molar-refractivity contribution in [2.75, 3.05) is 26.7 Å². The third-order valence-corrected chi connectivity index (χ3v) is 4.84. The van der Waals surface area contributed by atoms with Crippen molar-refractivity contribution >= 4 is 0 Å². The predicted molar refractivity (Wildman–Crippen MR) is 95.8 cm³/mol. The van der Waals surface area contributed by atoms with Gasteiger partial charge in [0.05, 0.1) is 18.8 Å². The maximum Gasteiger partial charge on any atom is 0.226 e. The lowest BCUT2D eigenvalue weighted by atomic mass is 10.1. The summed E-state index contributed by atoms with van der Waals surface area (Å²) in [6, 6.07) is 10.3. The Hall–Kier alpha value is -2.44. The Morgan fingerprint density at radius 2 is 1.96 bits per heavy atom. The van der Waals surface area contributed by atoms with Crippen LogP contribution in [0.5, 0.6) is 0 Å². The van der Waals surface area contributed by atoms with E-state index in [0.29, 0.717) is 11.9 Å². The summed E-state index contributed by atoms with van der Waals surface area (Å²) in [7, 11) is 4.22. The van der Waals surface area contributed by atoms with E-state index in [1.807, 2.05) is 48.9 Å². The number of aromatic nitrogens is 3. The summed E-state index contributed by atoms with van der Waals surface area (Å²) in [6.07, 6.45) is 5.71. The molecule has 1 unspecified atom stereocenters. The number of likely N-dealkylation sites (N-methyl/N-ethyl adjacent to an activating group) is 1. The molecule has 1 aromatic carbocycles. The van der Waals surface area contributed by atoms with Crippen molar-refractivity contribution in [3.63, 3.8) is 0 Å². The van der Waals surface area contributed by atoms with Crippen LogP contribution in [0.2, 0.25) is 0 Å². The van der Waals surface area contributed by atoms with Gasteiger partial charge in [0.2, 0.25) is 5.89 Å². The van der Waals surface area contributed by atoms with Crippen molar-refractivity contribution in [2.24, 2.45) is 7.05 Å². The second-order valence-corrected chi connectivity index (χ2v) is 6.63. The molecule has 3 heterocycles. The van der Waals surface area contributed by atoms with Gasteiger partial charge in [0.1, 0.15) is 11.6 Å². The molecule has 0 saturated carbocycles. The zero-order valence-corrected chi connectivity index (χ0v) is 14.7. The summed E-state index contributed by atoms with van der Waals surface area (Å²) in [5.74, 6) is 2.70. The Labute approximate surface area is 147 Å². The van der Waals surface area contributed by atoms with Crippen molar-refractivity contribution < 1.29 is 4.42 Å². The van der Waals surface area contributed by atoms with Crippen LogP contribution in [0.25, 0.3) is 11.5 Å². The second kappa shape index (κ2) is 6.82. The largest absolute Gasteiger partial charge is 0.440 e. The number of imidazole rings is 1. The van der Waals surface area contributed by atoms with Gasteiger partial charge in [0.15, 0.2) is 0 Å². The molecule has 25 heavy (non-hydrogen) atoms.